The van der Waals surface area contributed by atoms with Gasteiger partial charge >= 0.3 is 11.9 Å². The Bertz CT molecular complexity index is 170. The zero-order valence-corrected chi connectivity index (χ0v) is 7.75. The second kappa shape index (κ2) is 7.54. The van der Waals surface area contributed by atoms with E-state index in [1.807, 2.05) is 0 Å². The lowest BCUT2D eigenvalue weighted by Gasteiger charge is -2.02. The molecule has 0 saturated heterocycles. The third-order valence-corrected chi connectivity index (χ3v) is 1.37. The SMILES string of the molecule is COC(=O)CCC(=O)OCCCN. The van der Waals surface area contributed by atoms with Crippen molar-refractivity contribution in [3.05, 3.63) is 0 Å². The van der Waals surface area contributed by atoms with Crippen LogP contribution in [0.4, 0.5) is 0 Å². The Morgan fingerprint density at radius 2 is 1.85 bits per heavy atom. The van der Waals surface area contributed by atoms with Gasteiger partial charge < -0.3 is 15.2 Å². The molecule has 0 aromatic rings. The van der Waals surface area contributed by atoms with Crippen LogP contribution in [0.5, 0.6) is 0 Å². The number of esters is 2. The van der Waals surface area contributed by atoms with E-state index in [9.17, 15) is 9.59 Å². The molecule has 0 aliphatic heterocycles. The molecule has 2 N–H and O–H groups in total. The van der Waals surface area contributed by atoms with Crippen molar-refractivity contribution in [3.63, 3.8) is 0 Å². The van der Waals surface area contributed by atoms with Crippen molar-refractivity contribution < 1.29 is 19.1 Å². The summed E-state index contributed by atoms with van der Waals surface area (Å²) in [4.78, 5) is 21.5. The standard InChI is InChI=1S/C8H15NO4/c1-12-7(10)3-4-8(11)13-6-2-5-9/h2-6,9H2,1H3. The monoisotopic (exact) mass is 189 g/mol. The number of hydrogen-bond donors (Lipinski definition) is 1. The first-order valence-corrected chi connectivity index (χ1v) is 4.13. The van der Waals surface area contributed by atoms with Crippen molar-refractivity contribution >= 4 is 11.9 Å². The fourth-order valence-electron chi connectivity index (χ4n) is 0.648. The summed E-state index contributed by atoms with van der Waals surface area (Å²) in [6.45, 7) is 0.806. The van der Waals surface area contributed by atoms with Crippen molar-refractivity contribution in [2.45, 2.75) is 19.3 Å². The molecule has 0 aliphatic rings. The topological polar surface area (TPSA) is 78.6 Å². The van der Waals surface area contributed by atoms with Gasteiger partial charge in [-0.2, -0.15) is 0 Å². The lowest BCUT2D eigenvalue weighted by atomic mass is 10.3. The van der Waals surface area contributed by atoms with Gasteiger partial charge in [0.1, 0.15) is 0 Å². The highest BCUT2D eigenvalue weighted by Crippen LogP contribution is 1.95. The predicted octanol–water partition coefficient (Wildman–Crippen LogP) is -0.168. The van der Waals surface area contributed by atoms with E-state index < -0.39 is 5.97 Å². The lowest BCUT2D eigenvalue weighted by molar-refractivity contribution is -0.149. The average molecular weight is 189 g/mol. The van der Waals surface area contributed by atoms with Crippen LogP contribution in [-0.2, 0) is 19.1 Å². The van der Waals surface area contributed by atoms with Crippen molar-refractivity contribution in [1.29, 1.82) is 0 Å². The summed E-state index contributed by atoms with van der Waals surface area (Å²) in [6, 6.07) is 0. The van der Waals surface area contributed by atoms with Gasteiger partial charge in [-0.05, 0) is 13.0 Å². The fourth-order valence-corrected chi connectivity index (χ4v) is 0.648. The summed E-state index contributed by atoms with van der Waals surface area (Å²) in [5, 5.41) is 0. The van der Waals surface area contributed by atoms with Crippen LogP contribution < -0.4 is 5.73 Å². The maximum atomic E-state index is 10.9. The van der Waals surface area contributed by atoms with Gasteiger partial charge in [0.25, 0.3) is 0 Å². The van der Waals surface area contributed by atoms with Crippen LogP contribution in [0.25, 0.3) is 0 Å². The van der Waals surface area contributed by atoms with Gasteiger partial charge in [-0.15, -0.1) is 0 Å². The van der Waals surface area contributed by atoms with Crippen molar-refractivity contribution in [2.24, 2.45) is 5.73 Å². The second-order valence-electron chi connectivity index (χ2n) is 2.44. The van der Waals surface area contributed by atoms with Crippen LogP contribution in [0.1, 0.15) is 19.3 Å². The zero-order valence-electron chi connectivity index (χ0n) is 7.75. The predicted molar refractivity (Wildman–Crippen MR) is 45.9 cm³/mol. The van der Waals surface area contributed by atoms with Crippen molar-refractivity contribution in [1.82, 2.24) is 0 Å². The molecule has 0 aliphatic carbocycles. The summed E-state index contributed by atoms with van der Waals surface area (Å²) in [6.07, 6.45) is 0.777. The molecule has 0 atom stereocenters. The van der Waals surface area contributed by atoms with Gasteiger partial charge in [0.2, 0.25) is 0 Å². The Labute approximate surface area is 77.2 Å². The maximum Gasteiger partial charge on any atom is 0.306 e. The highest BCUT2D eigenvalue weighted by Gasteiger charge is 2.06. The number of methoxy groups -OCH3 is 1. The van der Waals surface area contributed by atoms with Gasteiger partial charge in [0.15, 0.2) is 0 Å². The Balaban J connectivity index is 3.35. The number of carbonyl (C=O) groups is 2. The third kappa shape index (κ3) is 7.27. The van der Waals surface area contributed by atoms with Crippen LogP contribution in [0, 0.1) is 0 Å². The highest BCUT2D eigenvalue weighted by molar-refractivity contribution is 5.77. The molecule has 0 spiro atoms. The highest BCUT2D eigenvalue weighted by atomic mass is 16.5. The fraction of sp³-hybridized carbons (Fsp3) is 0.750. The summed E-state index contributed by atoms with van der Waals surface area (Å²) < 4.78 is 9.11. The molecule has 0 aromatic carbocycles. The third-order valence-electron chi connectivity index (χ3n) is 1.37. The maximum absolute atomic E-state index is 10.9. The Morgan fingerprint density at radius 1 is 1.23 bits per heavy atom. The van der Waals surface area contributed by atoms with Crippen LogP contribution in [0.2, 0.25) is 0 Å². The summed E-state index contributed by atoms with van der Waals surface area (Å²) >= 11 is 0. The lowest BCUT2D eigenvalue weighted by Crippen LogP contribution is -2.11. The van der Waals surface area contributed by atoms with E-state index in [2.05, 4.69) is 4.74 Å². The second-order valence-corrected chi connectivity index (χ2v) is 2.44. The van der Waals surface area contributed by atoms with E-state index in [1.54, 1.807) is 0 Å². The Kier molecular flexibility index (Phi) is 6.91. The molecule has 0 heterocycles. The van der Waals surface area contributed by atoms with E-state index in [0.717, 1.165) is 0 Å². The minimum absolute atomic E-state index is 0.0667. The number of ether oxygens (including phenoxy) is 2. The molecule has 0 rings (SSSR count). The van der Waals surface area contributed by atoms with Gasteiger partial charge in [0.05, 0.1) is 26.6 Å². The van der Waals surface area contributed by atoms with Crippen molar-refractivity contribution in [3.8, 4) is 0 Å². The van der Waals surface area contributed by atoms with E-state index in [0.29, 0.717) is 19.6 Å². The molecule has 76 valence electrons. The van der Waals surface area contributed by atoms with E-state index in [1.165, 1.54) is 7.11 Å². The molecule has 5 heteroatoms. The Morgan fingerprint density at radius 3 is 2.38 bits per heavy atom. The molecule has 5 nitrogen and oxygen atoms in total. The quantitative estimate of drug-likeness (QED) is 0.463. The van der Waals surface area contributed by atoms with Gasteiger partial charge in [-0.1, -0.05) is 0 Å². The first-order valence-electron chi connectivity index (χ1n) is 4.13. The summed E-state index contributed by atoms with van der Waals surface area (Å²) in [5.41, 5.74) is 5.19. The number of carbonyl (C=O) groups excluding carboxylic acids is 2. The van der Waals surface area contributed by atoms with Gasteiger partial charge in [-0.3, -0.25) is 9.59 Å². The van der Waals surface area contributed by atoms with E-state index in [-0.39, 0.29) is 18.8 Å². The number of hydrogen-bond acceptors (Lipinski definition) is 5. The van der Waals surface area contributed by atoms with Crippen LogP contribution in [0.3, 0.4) is 0 Å². The molecule has 0 amide bonds. The molecule has 0 unspecified atom stereocenters. The summed E-state index contributed by atoms with van der Waals surface area (Å²) in [7, 11) is 1.28. The average Bonchev–Trinajstić information content (AvgIpc) is 2.14. The molecule has 0 bridgehead atoms. The normalized spacial score (nSPS) is 9.38. The number of nitrogens with two attached hydrogens (primary N) is 1. The number of rotatable bonds is 6. The van der Waals surface area contributed by atoms with Crippen LogP contribution >= 0.6 is 0 Å². The van der Waals surface area contributed by atoms with E-state index in [4.69, 9.17) is 10.5 Å². The molecule has 0 radical (unpaired) electrons. The molecule has 0 aromatic heterocycles. The first kappa shape index (κ1) is 11.9. The van der Waals surface area contributed by atoms with Crippen LogP contribution in [-0.4, -0.2) is 32.2 Å². The molecule has 0 saturated carbocycles. The molecular formula is C8H15NO4. The minimum Gasteiger partial charge on any atom is -0.469 e. The molecular weight excluding hydrogens is 174 g/mol. The Hall–Kier alpha value is -1.10. The van der Waals surface area contributed by atoms with Crippen molar-refractivity contribution in [2.75, 3.05) is 20.3 Å². The smallest absolute Gasteiger partial charge is 0.306 e. The molecule has 13 heavy (non-hydrogen) atoms. The van der Waals surface area contributed by atoms with Gasteiger partial charge in [-0.25, -0.2) is 0 Å². The minimum atomic E-state index is -0.407. The zero-order chi connectivity index (χ0) is 10.1. The van der Waals surface area contributed by atoms with Crippen LogP contribution in [0.15, 0.2) is 0 Å². The largest absolute Gasteiger partial charge is 0.469 e. The summed E-state index contributed by atoms with van der Waals surface area (Å²) in [5.74, 6) is -0.797. The van der Waals surface area contributed by atoms with E-state index >= 15 is 0 Å². The molecule has 0 fully saturated rings. The first-order chi connectivity index (χ1) is 6.20. The van der Waals surface area contributed by atoms with Gasteiger partial charge in [0, 0.05) is 0 Å².